The molecule has 1 unspecified atom stereocenters. The second kappa shape index (κ2) is 8.75. The standard InChI is InChI=1S/C23H26N4O2S/c1-15-10-9-11-16(2)19(15)27(22(29)18-14-30-26-25-18)20(17-12-7-6-8-13-17)21(28)24-23(3,4)5/h6-14,20H,1-5H3,(H,24,28). The van der Waals surface area contributed by atoms with E-state index in [-0.39, 0.29) is 17.5 Å². The van der Waals surface area contributed by atoms with E-state index in [1.54, 1.807) is 10.3 Å². The third-order valence-corrected chi connectivity index (χ3v) is 5.10. The van der Waals surface area contributed by atoms with Gasteiger partial charge in [0.15, 0.2) is 5.69 Å². The fourth-order valence-electron chi connectivity index (χ4n) is 3.41. The van der Waals surface area contributed by atoms with E-state index < -0.39 is 11.6 Å². The van der Waals surface area contributed by atoms with Gasteiger partial charge >= 0.3 is 0 Å². The lowest BCUT2D eigenvalue weighted by molar-refractivity contribution is -0.123. The van der Waals surface area contributed by atoms with Crippen LogP contribution in [0, 0.1) is 13.8 Å². The van der Waals surface area contributed by atoms with Gasteiger partial charge in [-0.3, -0.25) is 14.5 Å². The molecule has 6 nitrogen and oxygen atoms in total. The van der Waals surface area contributed by atoms with Gasteiger partial charge < -0.3 is 5.32 Å². The number of benzene rings is 2. The molecular formula is C23H26N4O2S. The Balaban J connectivity index is 2.23. The van der Waals surface area contributed by atoms with Gasteiger partial charge in [-0.05, 0) is 62.8 Å². The minimum absolute atomic E-state index is 0.215. The number of hydrogen-bond donors (Lipinski definition) is 1. The zero-order chi connectivity index (χ0) is 21.9. The molecule has 0 saturated carbocycles. The Hall–Kier alpha value is -3.06. The van der Waals surface area contributed by atoms with Crippen LogP contribution >= 0.6 is 11.5 Å². The number of nitrogens with one attached hydrogen (secondary N) is 1. The number of rotatable bonds is 5. The molecule has 0 saturated heterocycles. The van der Waals surface area contributed by atoms with Gasteiger partial charge in [0.25, 0.3) is 5.91 Å². The van der Waals surface area contributed by atoms with Crippen molar-refractivity contribution in [2.75, 3.05) is 4.90 Å². The Bertz CT molecular complexity index is 1010. The second-order valence-electron chi connectivity index (χ2n) is 8.26. The molecule has 0 fully saturated rings. The maximum absolute atomic E-state index is 13.6. The minimum atomic E-state index is -0.862. The summed E-state index contributed by atoms with van der Waals surface area (Å²) in [6.45, 7) is 9.63. The van der Waals surface area contributed by atoms with Crippen LogP contribution in [0.2, 0.25) is 0 Å². The summed E-state index contributed by atoms with van der Waals surface area (Å²) >= 11 is 1.11. The molecule has 0 aliphatic carbocycles. The van der Waals surface area contributed by atoms with Gasteiger partial charge in [0.05, 0.1) is 5.69 Å². The number of hydrogen-bond acceptors (Lipinski definition) is 5. The zero-order valence-electron chi connectivity index (χ0n) is 17.8. The summed E-state index contributed by atoms with van der Waals surface area (Å²) in [5, 5.41) is 8.62. The summed E-state index contributed by atoms with van der Waals surface area (Å²) in [6, 6.07) is 14.3. The first-order chi connectivity index (χ1) is 14.2. The van der Waals surface area contributed by atoms with Gasteiger partial charge in [0.1, 0.15) is 6.04 Å². The lowest BCUT2D eigenvalue weighted by Crippen LogP contribution is -2.50. The number of amides is 2. The molecule has 7 heteroatoms. The Morgan fingerprint density at radius 2 is 1.63 bits per heavy atom. The van der Waals surface area contributed by atoms with Gasteiger partial charge in [0.2, 0.25) is 5.91 Å². The minimum Gasteiger partial charge on any atom is -0.349 e. The average Bonchev–Trinajstić information content (AvgIpc) is 3.20. The van der Waals surface area contributed by atoms with Crippen LogP contribution in [0.1, 0.15) is 54.0 Å². The molecule has 2 amide bonds. The summed E-state index contributed by atoms with van der Waals surface area (Å²) in [6.07, 6.45) is 0. The summed E-state index contributed by atoms with van der Waals surface area (Å²) in [5.41, 5.74) is 2.98. The van der Waals surface area contributed by atoms with Crippen molar-refractivity contribution in [1.82, 2.24) is 14.9 Å². The first-order valence-corrected chi connectivity index (χ1v) is 10.6. The predicted molar refractivity (Wildman–Crippen MR) is 120 cm³/mol. The molecule has 0 spiro atoms. The van der Waals surface area contributed by atoms with E-state index in [1.165, 1.54) is 0 Å². The summed E-state index contributed by atoms with van der Waals surface area (Å²) in [5.74, 6) is -0.619. The monoisotopic (exact) mass is 422 g/mol. The highest BCUT2D eigenvalue weighted by atomic mass is 32.1. The van der Waals surface area contributed by atoms with Crippen LogP contribution in [0.3, 0.4) is 0 Å². The molecule has 30 heavy (non-hydrogen) atoms. The van der Waals surface area contributed by atoms with Gasteiger partial charge in [-0.25, -0.2) is 0 Å². The Labute approximate surface area is 181 Å². The van der Waals surface area contributed by atoms with Crippen molar-refractivity contribution < 1.29 is 9.59 Å². The van der Waals surface area contributed by atoms with E-state index in [2.05, 4.69) is 14.9 Å². The van der Waals surface area contributed by atoms with Gasteiger partial charge in [-0.15, -0.1) is 5.10 Å². The molecule has 3 aromatic rings. The quantitative estimate of drug-likeness (QED) is 0.659. The summed E-state index contributed by atoms with van der Waals surface area (Å²) < 4.78 is 3.84. The molecule has 0 radical (unpaired) electrons. The van der Waals surface area contributed by atoms with E-state index in [4.69, 9.17) is 0 Å². The molecule has 1 N–H and O–H groups in total. The lowest BCUT2D eigenvalue weighted by Gasteiger charge is -2.35. The van der Waals surface area contributed by atoms with Gasteiger partial charge in [-0.1, -0.05) is 53.0 Å². The molecular weight excluding hydrogens is 396 g/mol. The molecule has 1 atom stereocenters. The molecule has 0 bridgehead atoms. The third kappa shape index (κ3) is 4.74. The smallest absolute Gasteiger partial charge is 0.280 e. The SMILES string of the molecule is Cc1cccc(C)c1N(C(=O)c1csnn1)C(C(=O)NC(C)(C)C)c1ccccc1. The van der Waals surface area contributed by atoms with Crippen molar-refractivity contribution >= 4 is 29.0 Å². The fraction of sp³-hybridized carbons (Fsp3) is 0.304. The molecule has 1 heterocycles. The third-order valence-electron chi connectivity index (χ3n) is 4.60. The Morgan fingerprint density at radius 3 is 2.17 bits per heavy atom. The van der Waals surface area contributed by atoms with E-state index in [0.717, 1.165) is 28.2 Å². The van der Waals surface area contributed by atoms with E-state index in [9.17, 15) is 9.59 Å². The van der Waals surface area contributed by atoms with Crippen LogP contribution in [-0.2, 0) is 4.79 Å². The molecule has 0 aliphatic heterocycles. The number of aryl methyl sites for hydroxylation is 2. The average molecular weight is 423 g/mol. The van der Waals surface area contributed by atoms with Crippen LogP contribution in [-0.4, -0.2) is 26.9 Å². The van der Waals surface area contributed by atoms with Gasteiger partial charge in [-0.2, -0.15) is 0 Å². The number of para-hydroxylation sites is 1. The highest BCUT2D eigenvalue weighted by molar-refractivity contribution is 7.03. The van der Waals surface area contributed by atoms with Crippen LogP contribution in [0.4, 0.5) is 5.69 Å². The number of carbonyl (C=O) groups is 2. The number of nitrogens with zero attached hydrogens (tertiary/aromatic N) is 3. The van der Waals surface area contributed by atoms with Crippen LogP contribution < -0.4 is 10.2 Å². The van der Waals surface area contributed by atoms with Crippen molar-refractivity contribution in [1.29, 1.82) is 0 Å². The maximum Gasteiger partial charge on any atom is 0.280 e. The Kier molecular flexibility index (Phi) is 6.31. The van der Waals surface area contributed by atoms with Crippen molar-refractivity contribution in [2.24, 2.45) is 0 Å². The normalized spacial score (nSPS) is 12.3. The maximum atomic E-state index is 13.6. The highest BCUT2D eigenvalue weighted by Crippen LogP contribution is 2.34. The summed E-state index contributed by atoms with van der Waals surface area (Å²) in [4.78, 5) is 28.7. The van der Waals surface area contributed by atoms with Crippen LogP contribution in [0.15, 0.2) is 53.9 Å². The predicted octanol–water partition coefficient (Wildman–Crippen LogP) is 4.46. The first kappa shape index (κ1) is 21.6. The molecule has 0 aliphatic rings. The van der Waals surface area contributed by atoms with Gasteiger partial charge in [0, 0.05) is 10.9 Å². The molecule has 156 valence electrons. The lowest BCUT2D eigenvalue weighted by atomic mass is 9.98. The largest absolute Gasteiger partial charge is 0.349 e. The van der Waals surface area contributed by atoms with E-state index in [0.29, 0.717) is 5.69 Å². The topological polar surface area (TPSA) is 75.2 Å². The van der Waals surface area contributed by atoms with Crippen molar-refractivity contribution in [3.05, 3.63) is 76.3 Å². The molecule has 1 aromatic heterocycles. The van der Waals surface area contributed by atoms with Crippen LogP contribution in [0.5, 0.6) is 0 Å². The highest BCUT2D eigenvalue weighted by Gasteiger charge is 2.36. The molecule has 2 aromatic carbocycles. The van der Waals surface area contributed by atoms with E-state index in [1.807, 2.05) is 83.1 Å². The number of carbonyl (C=O) groups excluding carboxylic acids is 2. The number of anilines is 1. The van der Waals surface area contributed by atoms with Crippen LogP contribution in [0.25, 0.3) is 0 Å². The Morgan fingerprint density at radius 1 is 1.00 bits per heavy atom. The fourth-order valence-corrected chi connectivity index (χ4v) is 3.84. The van der Waals surface area contributed by atoms with Crippen molar-refractivity contribution in [3.8, 4) is 0 Å². The summed E-state index contributed by atoms with van der Waals surface area (Å²) in [7, 11) is 0. The van der Waals surface area contributed by atoms with Crippen molar-refractivity contribution in [2.45, 2.75) is 46.2 Å². The second-order valence-corrected chi connectivity index (χ2v) is 8.87. The molecule has 3 rings (SSSR count). The number of aromatic nitrogens is 2. The first-order valence-electron chi connectivity index (χ1n) is 9.73. The van der Waals surface area contributed by atoms with E-state index >= 15 is 0 Å². The zero-order valence-corrected chi connectivity index (χ0v) is 18.7. The van der Waals surface area contributed by atoms with Crippen molar-refractivity contribution in [3.63, 3.8) is 0 Å².